The second-order valence-electron chi connectivity index (χ2n) is 10.9. The second kappa shape index (κ2) is 15.2. The summed E-state index contributed by atoms with van der Waals surface area (Å²) < 4.78 is 0. The molecule has 0 atom stereocenters. The van der Waals surface area contributed by atoms with E-state index in [1.807, 2.05) is 60.7 Å². The molecule has 7 rings (SSSR count). The van der Waals surface area contributed by atoms with Gasteiger partial charge in [0.1, 0.15) is 0 Å². The van der Waals surface area contributed by atoms with Gasteiger partial charge in [0, 0.05) is 68.1 Å². The summed E-state index contributed by atoms with van der Waals surface area (Å²) in [6, 6.07) is 29.1. The van der Waals surface area contributed by atoms with Gasteiger partial charge in [-0.25, -0.2) is 0 Å². The van der Waals surface area contributed by atoms with Crippen molar-refractivity contribution in [1.82, 2.24) is 0 Å². The Morgan fingerprint density at radius 3 is 1.12 bits per heavy atom. The number of carbonyl (C=O) groups excluding carboxylic acids is 2. The van der Waals surface area contributed by atoms with E-state index in [4.69, 9.17) is 0 Å². The Kier molecular flexibility index (Phi) is 10.2. The maximum Gasteiger partial charge on any atom is 0.190 e. The van der Waals surface area contributed by atoms with Crippen molar-refractivity contribution in [3.8, 4) is 70.7 Å². The summed E-state index contributed by atoms with van der Waals surface area (Å²) in [7, 11) is 0. The highest BCUT2D eigenvalue weighted by Gasteiger charge is 2.11. The van der Waals surface area contributed by atoms with Gasteiger partial charge in [0.05, 0.1) is 11.1 Å². The zero-order valence-electron chi connectivity index (χ0n) is 26.8. The van der Waals surface area contributed by atoms with E-state index >= 15 is 0 Å². The van der Waals surface area contributed by atoms with Gasteiger partial charge in [-0.2, -0.15) is 0 Å². The van der Waals surface area contributed by atoms with Crippen molar-refractivity contribution in [3.05, 3.63) is 153 Å². The molecule has 2 aliphatic rings. The molecule has 0 unspecified atom stereocenters. The zero-order valence-corrected chi connectivity index (χ0v) is 28.4. The number of rotatable bonds is 2. The van der Waals surface area contributed by atoms with Crippen molar-refractivity contribution in [2.24, 2.45) is 0 Å². The first-order chi connectivity index (χ1) is 24.2. The van der Waals surface area contributed by atoms with Gasteiger partial charge in [-0.15, -0.1) is 0 Å². The summed E-state index contributed by atoms with van der Waals surface area (Å²) in [5, 5.41) is 21.7. The van der Waals surface area contributed by atoms with E-state index in [0.717, 1.165) is 55.6 Å². The minimum atomic E-state index is -0.402. The third kappa shape index (κ3) is 8.52. The summed E-state index contributed by atoms with van der Waals surface area (Å²) in [5.74, 6) is 30.4. The Hall–Kier alpha value is -6.46. The van der Waals surface area contributed by atoms with Crippen LogP contribution in [0.2, 0.25) is 0 Å². The third-order valence-corrected chi connectivity index (χ3v) is 8.63. The minimum absolute atomic E-state index is 0.0543. The Labute approximate surface area is 299 Å². The molecule has 4 nitrogen and oxygen atoms in total. The van der Waals surface area contributed by atoms with Gasteiger partial charge in [0.15, 0.2) is 21.7 Å². The van der Waals surface area contributed by atoms with Gasteiger partial charge in [0.25, 0.3) is 0 Å². The molecule has 0 aliphatic heterocycles. The summed E-state index contributed by atoms with van der Waals surface area (Å²) in [6.07, 6.45) is 0. The number of aromatic hydroxyl groups is 2. The molecule has 5 aromatic rings. The van der Waals surface area contributed by atoms with E-state index in [-0.39, 0.29) is 21.4 Å². The van der Waals surface area contributed by atoms with Crippen LogP contribution in [0.5, 0.6) is 11.5 Å². The first-order valence-corrected chi connectivity index (χ1v) is 16.8. The van der Waals surface area contributed by atoms with Crippen LogP contribution < -0.4 is 0 Å². The average Bonchev–Trinajstić information content (AvgIpc) is 3.10. The molecular formula is C44H24O4S2. The lowest BCUT2D eigenvalue weighted by molar-refractivity contribution is -0.109. The normalized spacial score (nSPS) is 10.7. The van der Waals surface area contributed by atoms with Gasteiger partial charge in [-0.05, 0) is 84.9 Å². The van der Waals surface area contributed by atoms with Crippen LogP contribution in [0.15, 0.2) is 107 Å². The van der Waals surface area contributed by atoms with Crippen molar-refractivity contribution in [1.29, 1.82) is 0 Å². The van der Waals surface area contributed by atoms with Gasteiger partial charge in [0.2, 0.25) is 0 Å². The predicted octanol–water partition coefficient (Wildman–Crippen LogP) is 7.69. The Morgan fingerprint density at radius 1 is 0.420 bits per heavy atom. The van der Waals surface area contributed by atoms with Crippen LogP contribution in [-0.4, -0.2) is 20.4 Å². The number of fused-ring (bicyclic) bond motifs is 2. The first-order valence-electron chi connectivity index (χ1n) is 15.2. The number of phenols is 2. The lowest BCUT2D eigenvalue weighted by Gasteiger charge is -2.04. The summed E-state index contributed by atoms with van der Waals surface area (Å²) >= 11 is 2.20. The number of phenolic OH excluding ortho intramolecular Hbond substituents is 2. The van der Waals surface area contributed by atoms with E-state index in [2.05, 4.69) is 59.2 Å². The quantitative estimate of drug-likeness (QED) is 0.111. The monoisotopic (exact) mass is 680 g/mol. The van der Waals surface area contributed by atoms with E-state index < -0.39 is 11.5 Å². The van der Waals surface area contributed by atoms with Crippen LogP contribution in [-0.2, 0) is 9.59 Å². The molecule has 0 heterocycles. The fraction of sp³-hybridized carbons (Fsp3) is 0.0455. The van der Waals surface area contributed by atoms with Gasteiger partial charge in [-0.1, -0.05) is 94.9 Å². The Bertz CT molecular complexity index is 2380. The number of carbonyl (C=O) groups is 2. The highest BCUT2D eigenvalue weighted by atomic mass is 32.2. The molecule has 6 heteroatoms. The summed E-state index contributed by atoms with van der Waals surface area (Å²) in [5.41, 5.74) is 5.82. The number of hydrogen-bond acceptors (Lipinski definition) is 6. The number of thioether (sulfide) groups is 2. The van der Waals surface area contributed by atoms with Crippen LogP contribution in [0.4, 0.5) is 0 Å². The maximum atomic E-state index is 11.8. The van der Waals surface area contributed by atoms with E-state index in [1.54, 1.807) is 36.4 Å². The van der Waals surface area contributed by atoms with Crippen LogP contribution in [0.25, 0.3) is 0 Å². The van der Waals surface area contributed by atoms with Gasteiger partial charge in [-0.3, -0.25) is 9.59 Å². The molecule has 6 bridgehead atoms. The minimum Gasteiger partial charge on any atom is -0.503 e. The molecule has 2 N–H and O–H groups in total. The fourth-order valence-corrected chi connectivity index (χ4v) is 6.04. The SMILES string of the molecule is CC(=O)Sc1ccc2c(c1)C#Cc1cccc(c1)C#Cc1cccc(c1)C#Cc1cc(SC(C)=O)ccc1C#Cc1ccc(c(O)c1O)C#C2. The summed E-state index contributed by atoms with van der Waals surface area (Å²) in [4.78, 5) is 25.1. The molecule has 0 aromatic heterocycles. The molecule has 0 amide bonds. The second-order valence-corrected chi connectivity index (χ2v) is 13.4. The van der Waals surface area contributed by atoms with Crippen LogP contribution in [0.3, 0.4) is 0 Å². The third-order valence-electron chi connectivity index (χ3n) is 7.08. The van der Waals surface area contributed by atoms with Gasteiger partial charge >= 0.3 is 0 Å². The van der Waals surface area contributed by atoms with Crippen molar-refractivity contribution < 1.29 is 19.8 Å². The molecular weight excluding hydrogens is 657 g/mol. The molecule has 236 valence electrons. The van der Waals surface area contributed by atoms with Crippen molar-refractivity contribution in [2.75, 3.05) is 0 Å². The fourth-order valence-electron chi connectivity index (χ4n) is 4.75. The molecule has 0 fully saturated rings. The predicted molar refractivity (Wildman–Crippen MR) is 199 cm³/mol. The standard InChI is InChI=1S/C44H24O4S2/c1-29(45)49-41-23-21-35-15-17-37-19-20-38(44(48)43(37)47)18-16-36-22-24-42(50-30(2)46)28-40(36)14-12-34-8-4-6-32(26-34)10-9-31-5-3-7-33(25-31)11-13-39(35)27-41/h3-8,19-28,47-48H,1-2H3. The highest BCUT2D eigenvalue weighted by Crippen LogP contribution is 2.32. The molecule has 50 heavy (non-hydrogen) atoms. The van der Waals surface area contributed by atoms with Crippen molar-refractivity contribution in [2.45, 2.75) is 23.6 Å². The molecule has 5 aromatic carbocycles. The van der Waals surface area contributed by atoms with Crippen molar-refractivity contribution >= 4 is 33.8 Å². The van der Waals surface area contributed by atoms with Crippen LogP contribution in [0, 0.1) is 59.2 Å². The van der Waals surface area contributed by atoms with E-state index in [1.165, 1.54) is 13.8 Å². The Balaban J connectivity index is 1.53. The number of benzene rings is 5. The molecule has 0 spiro atoms. The highest BCUT2D eigenvalue weighted by molar-refractivity contribution is 8.13. The summed E-state index contributed by atoms with van der Waals surface area (Å²) in [6.45, 7) is 3.00. The number of hydrogen-bond donors (Lipinski definition) is 2. The largest absolute Gasteiger partial charge is 0.503 e. The van der Waals surface area contributed by atoms with E-state index in [0.29, 0.717) is 22.3 Å². The molecule has 2 aliphatic carbocycles. The Morgan fingerprint density at radius 2 is 0.740 bits per heavy atom. The molecule has 0 saturated carbocycles. The molecule has 0 saturated heterocycles. The smallest absolute Gasteiger partial charge is 0.190 e. The lowest BCUT2D eigenvalue weighted by Crippen LogP contribution is -1.89. The van der Waals surface area contributed by atoms with Crippen LogP contribution >= 0.6 is 23.5 Å². The average molecular weight is 681 g/mol. The van der Waals surface area contributed by atoms with Crippen molar-refractivity contribution in [3.63, 3.8) is 0 Å². The first kappa shape index (κ1) is 33.4. The molecule has 0 radical (unpaired) electrons. The topological polar surface area (TPSA) is 74.6 Å². The van der Waals surface area contributed by atoms with E-state index in [9.17, 15) is 19.8 Å². The van der Waals surface area contributed by atoms with Gasteiger partial charge < -0.3 is 10.2 Å². The van der Waals surface area contributed by atoms with Crippen LogP contribution in [0.1, 0.15) is 69.5 Å². The zero-order chi connectivity index (χ0) is 35.0. The maximum absolute atomic E-state index is 11.8. The lowest BCUT2D eigenvalue weighted by atomic mass is 10.0.